The molecule has 0 unspecified atom stereocenters. The topological polar surface area (TPSA) is 65.4 Å². The molecule has 1 heterocycles. The van der Waals surface area contributed by atoms with Crippen molar-refractivity contribution in [1.82, 2.24) is 3.97 Å². The van der Waals surface area contributed by atoms with Crippen LogP contribution in [0.2, 0.25) is 0 Å². The second kappa shape index (κ2) is 6.13. The van der Waals surface area contributed by atoms with E-state index in [0.29, 0.717) is 11.2 Å². The molecule has 0 saturated heterocycles. The Kier molecular flexibility index (Phi) is 4.15. The van der Waals surface area contributed by atoms with Gasteiger partial charge in [0.1, 0.15) is 0 Å². The van der Waals surface area contributed by atoms with Crippen molar-refractivity contribution >= 4 is 26.9 Å². The van der Waals surface area contributed by atoms with Gasteiger partial charge in [-0.15, -0.1) is 0 Å². The summed E-state index contributed by atoms with van der Waals surface area (Å²) in [5, 5.41) is 0.802. The van der Waals surface area contributed by atoms with E-state index in [1.54, 1.807) is 42.5 Å². The number of methoxy groups -OCH3 is 1. The molecule has 0 fully saturated rings. The minimum absolute atomic E-state index is 0.108. The molecule has 0 aliphatic heterocycles. The number of benzene rings is 2. The summed E-state index contributed by atoms with van der Waals surface area (Å²) >= 11 is 0. The molecule has 5 nitrogen and oxygen atoms in total. The van der Waals surface area contributed by atoms with Crippen LogP contribution in [0.15, 0.2) is 59.5 Å². The molecule has 2 aromatic carbocycles. The van der Waals surface area contributed by atoms with Crippen molar-refractivity contribution in [3.8, 4) is 0 Å². The van der Waals surface area contributed by atoms with Crippen molar-refractivity contribution in [3.05, 3.63) is 65.9 Å². The van der Waals surface area contributed by atoms with Gasteiger partial charge in [0.15, 0.2) is 0 Å². The first kappa shape index (κ1) is 16.3. The van der Waals surface area contributed by atoms with Gasteiger partial charge in [-0.2, -0.15) is 0 Å². The van der Waals surface area contributed by atoms with E-state index in [4.69, 9.17) is 4.74 Å². The molecule has 0 atom stereocenters. The lowest BCUT2D eigenvalue weighted by Gasteiger charge is -2.12. The van der Waals surface area contributed by atoms with Gasteiger partial charge in [0, 0.05) is 11.1 Å². The Morgan fingerprint density at radius 1 is 1.04 bits per heavy atom. The predicted octanol–water partition coefficient (Wildman–Crippen LogP) is 2.90. The van der Waals surface area contributed by atoms with E-state index in [1.807, 2.05) is 19.1 Å². The molecular formula is C18H17NO4S. The van der Waals surface area contributed by atoms with Crippen LogP contribution in [0, 0.1) is 6.92 Å². The van der Waals surface area contributed by atoms with E-state index < -0.39 is 16.0 Å². The first-order valence-electron chi connectivity index (χ1n) is 7.43. The maximum Gasteiger partial charge on any atom is 0.311 e. The summed E-state index contributed by atoms with van der Waals surface area (Å²) in [4.78, 5) is 12.0. The predicted molar refractivity (Wildman–Crippen MR) is 91.4 cm³/mol. The van der Waals surface area contributed by atoms with Crippen molar-refractivity contribution in [2.45, 2.75) is 18.2 Å². The standard InChI is InChI=1S/C18H17NO4S/c1-13-15-10-6-7-11-16(15)19(17(13)12-18(20)23-2)24(21,22)14-8-4-3-5-9-14/h3-11H,12H2,1-2H3. The summed E-state index contributed by atoms with van der Waals surface area (Å²) in [7, 11) is -2.53. The molecule has 124 valence electrons. The number of fused-ring (bicyclic) bond motifs is 1. The van der Waals surface area contributed by atoms with Crippen molar-refractivity contribution in [2.75, 3.05) is 7.11 Å². The summed E-state index contributed by atoms with van der Waals surface area (Å²) < 4.78 is 32.3. The van der Waals surface area contributed by atoms with Crippen LogP contribution in [-0.4, -0.2) is 25.5 Å². The Bertz CT molecular complexity index is 1000. The average molecular weight is 343 g/mol. The number of carbonyl (C=O) groups is 1. The van der Waals surface area contributed by atoms with Gasteiger partial charge < -0.3 is 4.74 Å². The molecule has 0 radical (unpaired) electrons. The molecule has 0 bridgehead atoms. The van der Waals surface area contributed by atoms with Crippen molar-refractivity contribution in [2.24, 2.45) is 0 Å². The molecule has 24 heavy (non-hydrogen) atoms. The molecule has 3 rings (SSSR count). The highest BCUT2D eigenvalue weighted by Crippen LogP contribution is 2.30. The highest BCUT2D eigenvalue weighted by molar-refractivity contribution is 7.90. The van der Waals surface area contributed by atoms with Gasteiger partial charge in [0.2, 0.25) is 0 Å². The second-order valence-corrected chi connectivity index (χ2v) is 7.21. The van der Waals surface area contributed by atoms with E-state index >= 15 is 0 Å². The Hall–Kier alpha value is -2.60. The third-order valence-corrected chi connectivity index (χ3v) is 5.79. The minimum Gasteiger partial charge on any atom is -0.469 e. The van der Waals surface area contributed by atoms with E-state index in [-0.39, 0.29) is 11.3 Å². The molecule has 0 saturated carbocycles. The number of hydrogen-bond acceptors (Lipinski definition) is 4. The number of para-hydroxylation sites is 1. The summed E-state index contributed by atoms with van der Waals surface area (Å²) in [6.07, 6.45) is -0.108. The Morgan fingerprint density at radius 3 is 2.33 bits per heavy atom. The number of hydrogen-bond donors (Lipinski definition) is 0. The van der Waals surface area contributed by atoms with Crippen molar-refractivity contribution in [3.63, 3.8) is 0 Å². The largest absolute Gasteiger partial charge is 0.469 e. The zero-order chi connectivity index (χ0) is 17.3. The molecule has 0 aliphatic carbocycles. The Morgan fingerprint density at radius 2 is 1.67 bits per heavy atom. The molecule has 6 heteroatoms. The molecule has 0 amide bonds. The third kappa shape index (κ3) is 2.59. The van der Waals surface area contributed by atoms with Gasteiger partial charge in [0.05, 0.1) is 23.9 Å². The van der Waals surface area contributed by atoms with Crippen LogP contribution in [0.4, 0.5) is 0 Å². The highest BCUT2D eigenvalue weighted by atomic mass is 32.2. The number of aryl methyl sites for hydroxylation is 1. The lowest BCUT2D eigenvalue weighted by molar-refractivity contribution is -0.139. The van der Waals surface area contributed by atoms with Crippen LogP contribution in [0.3, 0.4) is 0 Å². The molecular weight excluding hydrogens is 326 g/mol. The molecule has 0 spiro atoms. The van der Waals surface area contributed by atoms with E-state index in [9.17, 15) is 13.2 Å². The van der Waals surface area contributed by atoms with Gasteiger partial charge in [-0.25, -0.2) is 12.4 Å². The third-order valence-electron chi connectivity index (χ3n) is 4.03. The van der Waals surface area contributed by atoms with Crippen molar-refractivity contribution in [1.29, 1.82) is 0 Å². The van der Waals surface area contributed by atoms with Gasteiger partial charge in [-0.05, 0) is 30.7 Å². The summed E-state index contributed by atoms with van der Waals surface area (Å²) in [5.41, 5.74) is 1.74. The number of ether oxygens (including phenoxy) is 1. The van der Waals surface area contributed by atoms with E-state index in [0.717, 1.165) is 10.9 Å². The lowest BCUT2D eigenvalue weighted by atomic mass is 10.1. The SMILES string of the molecule is COC(=O)Cc1c(C)c2ccccc2n1S(=O)(=O)c1ccccc1. The van der Waals surface area contributed by atoms with Gasteiger partial charge in [-0.1, -0.05) is 36.4 Å². The minimum atomic E-state index is -3.82. The van der Waals surface area contributed by atoms with Gasteiger partial charge >= 0.3 is 5.97 Å². The molecule has 3 aromatic rings. The fourth-order valence-electron chi connectivity index (χ4n) is 2.81. The van der Waals surface area contributed by atoms with Crippen LogP contribution in [0.25, 0.3) is 10.9 Å². The van der Waals surface area contributed by atoms with Crippen LogP contribution >= 0.6 is 0 Å². The zero-order valence-corrected chi connectivity index (χ0v) is 14.2. The quantitative estimate of drug-likeness (QED) is 0.683. The summed E-state index contributed by atoms with van der Waals surface area (Å²) in [6.45, 7) is 1.82. The molecule has 0 aliphatic rings. The van der Waals surface area contributed by atoms with E-state index in [1.165, 1.54) is 11.1 Å². The fourth-order valence-corrected chi connectivity index (χ4v) is 4.43. The highest BCUT2D eigenvalue weighted by Gasteiger charge is 2.26. The number of nitrogens with zero attached hydrogens (tertiary/aromatic N) is 1. The number of carbonyl (C=O) groups excluding carboxylic acids is 1. The summed E-state index contributed by atoms with van der Waals surface area (Å²) in [5.74, 6) is -0.481. The van der Waals surface area contributed by atoms with Gasteiger partial charge in [0.25, 0.3) is 10.0 Å². The first-order valence-corrected chi connectivity index (χ1v) is 8.87. The maximum atomic E-state index is 13.2. The molecule has 1 aromatic heterocycles. The Balaban J connectivity index is 2.34. The normalized spacial score (nSPS) is 11.6. The fraction of sp³-hybridized carbons (Fsp3) is 0.167. The second-order valence-electron chi connectivity index (χ2n) is 5.42. The lowest BCUT2D eigenvalue weighted by Crippen LogP contribution is -2.18. The number of rotatable bonds is 4. The van der Waals surface area contributed by atoms with Crippen molar-refractivity contribution < 1.29 is 17.9 Å². The molecule has 0 N–H and O–H groups in total. The van der Waals surface area contributed by atoms with Crippen LogP contribution in [0.5, 0.6) is 0 Å². The number of aromatic nitrogens is 1. The smallest absolute Gasteiger partial charge is 0.311 e. The monoisotopic (exact) mass is 343 g/mol. The Labute approximate surface area is 140 Å². The average Bonchev–Trinajstić information content (AvgIpc) is 2.88. The zero-order valence-electron chi connectivity index (χ0n) is 13.4. The first-order chi connectivity index (χ1) is 11.5. The summed E-state index contributed by atoms with van der Waals surface area (Å²) in [6, 6.07) is 15.4. The van der Waals surface area contributed by atoms with Crippen LogP contribution in [-0.2, 0) is 26.0 Å². The van der Waals surface area contributed by atoms with Crippen LogP contribution < -0.4 is 0 Å². The maximum absolute atomic E-state index is 13.2. The number of esters is 1. The van der Waals surface area contributed by atoms with Gasteiger partial charge in [-0.3, -0.25) is 4.79 Å². The van der Waals surface area contributed by atoms with E-state index in [2.05, 4.69) is 0 Å². The van der Waals surface area contributed by atoms with Crippen LogP contribution in [0.1, 0.15) is 11.3 Å².